The molecule has 1 saturated heterocycles. The molecule has 0 spiro atoms. The van der Waals surface area contributed by atoms with Gasteiger partial charge < -0.3 is 15.8 Å². The van der Waals surface area contributed by atoms with Crippen molar-refractivity contribution in [3.05, 3.63) is 0 Å². The van der Waals surface area contributed by atoms with E-state index < -0.39 is 15.3 Å². The van der Waals surface area contributed by atoms with Gasteiger partial charge in [-0.2, -0.15) is 0 Å². The minimum atomic E-state index is -3.05. The maximum Gasteiger partial charge on any atom is 0.229 e. The number of rotatable bonds is 5. The van der Waals surface area contributed by atoms with E-state index in [-0.39, 0.29) is 36.6 Å². The molecule has 0 radical (unpaired) electrons. The van der Waals surface area contributed by atoms with E-state index in [0.717, 1.165) is 0 Å². The van der Waals surface area contributed by atoms with Crippen LogP contribution in [-0.2, 0) is 19.4 Å². The second-order valence-corrected chi connectivity index (χ2v) is 7.00. The van der Waals surface area contributed by atoms with Crippen molar-refractivity contribution >= 4 is 15.7 Å². The summed E-state index contributed by atoms with van der Waals surface area (Å²) in [5.41, 5.74) is 5.04. The molecule has 7 heteroatoms. The third kappa shape index (κ3) is 3.40. The number of ether oxygens (including phenoxy) is 1. The smallest absolute Gasteiger partial charge is 0.229 e. The van der Waals surface area contributed by atoms with Crippen LogP contribution in [0.5, 0.6) is 0 Å². The Morgan fingerprint density at radius 1 is 1.59 bits per heavy atom. The molecule has 0 bridgehead atoms. The first kappa shape index (κ1) is 14.4. The van der Waals surface area contributed by atoms with E-state index in [2.05, 4.69) is 5.32 Å². The number of hydrogen-bond acceptors (Lipinski definition) is 5. The van der Waals surface area contributed by atoms with E-state index in [9.17, 15) is 13.2 Å². The molecule has 1 heterocycles. The normalized spacial score (nSPS) is 29.2. The van der Waals surface area contributed by atoms with Crippen LogP contribution in [0.1, 0.15) is 13.8 Å². The summed E-state index contributed by atoms with van der Waals surface area (Å²) in [6, 6.07) is -0.342. The molecular formula is C10H20N2O4S. The number of hydrogen-bond donors (Lipinski definition) is 2. The molecule has 6 nitrogen and oxygen atoms in total. The first-order valence-corrected chi connectivity index (χ1v) is 7.46. The second-order valence-electron chi connectivity index (χ2n) is 4.53. The number of nitrogens with two attached hydrogens (primary N) is 1. The topological polar surface area (TPSA) is 98.5 Å². The van der Waals surface area contributed by atoms with Crippen molar-refractivity contribution < 1.29 is 17.9 Å². The van der Waals surface area contributed by atoms with Crippen LogP contribution >= 0.6 is 0 Å². The number of carbonyl (C=O) groups is 1. The standard InChI is InChI=1S/C10H20N2O4S/c1-3-17(14,15)5-4-12-9(13)10(2)7-16-6-8(10)11/h8H,3-7,11H2,1-2H3,(H,12,13). The highest BCUT2D eigenvalue weighted by atomic mass is 32.2. The molecule has 3 N–H and O–H groups in total. The van der Waals surface area contributed by atoms with Crippen molar-refractivity contribution in [3.63, 3.8) is 0 Å². The summed E-state index contributed by atoms with van der Waals surface area (Å²) in [5, 5.41) is 2.61. The van der Waals surface area contributed by atoms with Gasteiger partial charge >= 0.3 is 0 Å². The first-order valence-electron chi connectivity index (χ1n) is 5.64. The maximum atomic E-state index is 11.9. The number of nitrogens with one attached hydrogen (secondary N) is 1. The van der Waals surface area contributed by atoms with E-state index in [0.29, 0.717) is 6.61 Å². The molecular weight excluding hydrogens is 244 g/mol. The highest BCUT2D eigenvalue weighted by molar-refractivity contribution is 7.91. The summed E-state index contributed by atoms with van der Waals surface area (Å²) < 4.78 is 27.6. The zero-order valence-electron chi connectivity index (χ0n) is 10.2. The lowest BCUT2D eigenvalue weighted by Crippen LogP contribution is -2.50. The van der Waals surface area contributed by atoms with Gasteiger partial charge in [0.1, 0.15) is 0 Å². The van der Waals surface area contributed by atoms with E-state index in [1.54, 1.807) is 13.8 Å². The largest absolute Gasteiger partial charge is 0.379 e. The maximum absolute atomic E-state index is 11.9. The molecule has 0 saturated carbocycles. The van der Waals surface area contributed by atoms with Gasteiger partial charge in [0.2, 0.25) is 5.91 Å². The van der Waals surface area contributed by atoms with Crippen molar-refractivity contribution in [2.24, 2.45) is 11.1 Å². The van der Waals surface area contributed by atoms with Crippen LogP contribution in [0.4, 0.5) is 0 Å². The van der Waals surface area contributed by atoms with Crippen molar-refractivity contribution in [1.29, 1.82) is 0 Å². The van der Waals surface area contributed by atoms with Crippen LogP contribution in [-0.4, -0.2) is 51.6 Å². The van der Waals surface area contributed by atoms with Gasteiger partial charge in [-0.05, 0) is 6.92 Å². The van der Waals surface area contributed by atoms with Gasteiger partial charge in [-0.1, -0.05) is 6.92 Å². The predicted octanol–water partition coefficient (Wildman–Crippen LogP) is -1.10. The monoisotopic (exact) mass is 264 g/mol. The molecule has 1 amide bonds. The Balaban J connectivity index is 2.45. The highest BCUT2D eigenvalue weighted by Crippen LogP contribution is 2.26. The molecule has 0 aromatic heterocycles. The zero-order valence-corrected chi connectivity index (χ0v) is 11.0. The van der Waals surface area contributed by atoms with Crippen LogP contribution in [0, 0.1) is 5.41 Å². The van der Waals surface area contributed by atoms with Crippen molar-refractivity contribution in [3.8, 4) is 0 Å². The van der Waals surface area contributed by atoms with Gasteiger partial charge in [-0.3, -0.25) is 4.79 Å². The summed E-state index contributed by atoms with van der Waals surface area (Å²) in [5.74, 6) is -0.196. The average Bonchev–Trinajstić information content (AvgIpc) is 2.60. The van der Waals surface area contributed by atoms with Crippen molar-refractivity contribution in [2.75, 3.05) is 31.3 Å². The summed E-state index contributed by atoms with van der Waals surface area (Å²) in [6.07, 6.45) is 0. The molecule has 0 aliphatic carbocycles. The Kier molecular flexibility index (Phi) is 4.51. The number of amides is 1. The summed E-state index contributed by atoms with van der Waals surface area (Å²) in [6.45, 7) is 4.07. The minimum absolute atomic E-state index is 0.0403. The minimum Gasteiger partial charge on any atom is -0.379 e. The van der Waals surface area contributed by atoms with E-state index in [4.69, 9.17) is 10.5 Å². The van der Waals surface area contributed by atoms with Crippen molar-refractivity contribution in [1.82, 2.24) is 5.32 Å². The SMILES string of the molecule is CCS(=O)(=O)CCNC(=O)C1(C)COCC1N. The molecule has 1 aliphatic heterocycles. The lowest BCUT2D eigenvalue weighted by Gasteiger charge is -2.25. The number of sulfone groups is 1. The van der Waals surface area contributed by atoms with Gasteiger partial charge in [0.25, 0.3) is 0 Å². The van der Waals surface area contributed by atoms with Crippen LogP contribution < -0.4 is 11.1 Å². The average molecular weight is 264 g/mol. The van der Waals surface area contributed by atoms with Crippen molar-refractivity contribution in [2.45, 2.75) is 19.9 Å². The van der Waals surface area contributed by atoms with Gasteiger partial charge in [0.05, 0.1) is 24.4 Å². The highest BCUT2D eigenvalue weighted by Gasteiger charge is 2.44. The summed E-state index contributed by atoms with van der Waals surface area (Å²) in [4.78, 5) is 11.9. The first-order chi connectivity index (χ1) is 7.82. The molecule has 2 unspecified atom stereocenters. The molecule has 1 aliphatic rings. The molecule has 100 valence electrons. The Bertz CT molecular complexity index is 382. The molecule has 17 heavy (non-hydrogen) atoms. The van der Waals surface area contributed by atoms with Crippen LogP contribution in [0.25, 0.3) is 0 Å². The van der Waals surface area contributed by atoms with Gasteiger partial charge in [-0.15, -0.1) is 0 Å². The molecule has 1 fully saturated rings. The van der Waals surface area contributed by atoms with E-state index in [1.165, 1.54) is 0 Å². The van der Waals surface area contributed by atoms with Gasteiger partial charge in [-0.25, -0.2) is 8.42 Å². The Morgan fingerprint density at radius 2 is 2.24 bits per heavy atom. The fraction of sp³-hybridized carbons (Fsp3) is 0.900. The lowest BCUT2D eigenvalue weighted by molar-refractivity contribution is -0.130. The van der Waals surface area contributed by atoms with Gasteiger partial charge in [0, 0.05) is 18.3 Å². The van der Waals surface area contributed by atoms with Crippen LogP contribution in [0.15, 0.2) is 0 Å². The zero-order chi connectivity index (χ0) is 13.1. The lowest BCUT2D eigenvalue weighted by atomic mass is 9.85. The summed E-state index contributed by atoms with van der Waals surface area (Å²) in [7, 11) is -3.05. The van der Waals surface area contributed by atoms with Crippen LogP contribution in [0.3, 0.4) is 0 Å². The fourth-order valence-electron chi connectivity index (χ4n) is 1.59. The fourth-order valence-corrected chi connectivity index (χ4v) is 2.29. The third-order valence-electron chi connectivity index (χ3n) is 3.17. The summed E-state index contributed by atoms with van der Waals surface area (Å²) >= 11 is 0. The van der Waals surface area contributed by atoms with E-state index >= 15 is 0 Å². The number of carbonyl (C=O) groups excluding carboxylic acids is 1. The molecule has 0 aromatic rings. The molecule has 1 rings (SSSR count). The third-order valence-corrected chi connectivity index (χ3v) is 4.88. The van der Waals surface area contributed by atoms with E-state index in [1.807, 2.05) is 0 Å². The Morgan fingerprint density at radius 3 is 2.71 bits per heavy atom. The predicted molar refractivity (Wildman–Crippen MR) is 64.2 cm³/mol. The Hall–Kier alpha value is -0.660. The van der Waals surface area contributed by atoms with Gasteiger partial charge in [0.15, 0.2) is 9.84 Å². The quantitative estimate of drug-likeness (QED) is 0.657. The molecule has 0 aromatic carbocycles. The Labute approximate surface area is 102 Å². The van der Waals surface area contributed by atoms with Crippen LogP contribution in [0.2, 0.25) is 0 Å². The second kappa shape index (κ2) is 5.32. The molecule has 2 atom stereocenters.